The third-order valence-electron chi connectivity index (χ3n) is 2.78. The van der Waals surface area contributed by atoms with E-state index < -0.39 is 17.5 Å². The predicted octanol–water partition coefficient (Wildman–Crippen LogP) is 2.89. The van der Waals surface area contributed by atoms with Crippen molar-refractivity contribution in [2.45, 2.75) is 26.3 Å². The lowest BCUT2D eigenvalue weighted by molar-refractivity contribution is -0.122. The zero-order chi connectivity index (χ0) is 17.0. The molecule has 1 aromatic heterocycles. The zero-order valence-electron chi connectivity index (χ0n) is 13.1. The molecule has 122 valence electrons. The topological polar surface area (TPSA) is 80.3 Å². The Kier molecular flexibility index (Phi) is 5.05. The van der Waals surface area contributed by atoms with Crippen LogP contribution in [0.15, 0.2) is 30.5 Å². The number of nitrogens with one attached hydrogen (secondary N) is 2. The Morgan fingerprint density at radius 2 is 2.00 bits per heavy atom. The second kappa shape index (κ2) is 6.83. The Morgan fingerprint density at radius 3 is 2.70 bits per heavy atom. The van der Waals surface area contributed by atoms with Crippen LogP contribution < -0.4 is 15.4 Å². The van der Waals surface area contributed by atoms with Gasteiger partial charge < -0.3 is 10.1 Å². The number of rotatable bonds is 3. The summed E-state index contributed by atoms with van der Waals surface area (Å²) in [5.41, 5.74) is 0.133. The molecular weight excluding hydrogens is 318 g/mol. The van der Waals surface area contributed by atoms with Gasteiger partial charge >= 0.3 is 6.03 Å². The monoisotopic (exact) mass is 335 g/mol. The Bertz CT molecular complexity index is 741. The summed E-state index contributed by atoms with van der Waals surface area (Å²) in [6.45, 7) is 5.15. The van der Waals surface area contributed by atoms with E-state index >= 15 is 0 Å². The second-order valence-corrected chi connectivity index (χ2v) is 6.39. The number of ether oxygens (including phenoxy) is 1. The van der Waals surface area contributed by atoms with Gasteiger partial charge in [0, 0.05) is 17.1 Å². The molecule has 2 N–H and O–H groups in total. The van der Waals surface area contributed by atoms with Gasteiger partial charge in [0.05, 0.1) is 5.02 Å². The molecule has 0 aliphatic rings. The van der Waals surface area contributed by atoms with Crippen LogP contribution in [0, 0.1) is 0 Å². The van der Waals surface area contributed by atoms with Crippen molar-refractivity contribution in [1.82, 2.24) is 15.6 Å². The molecule has 7 heteroatoms. The number of fused-ring (bicyclic) bond motifs is 1. The molecule has 0 spiro atoms. The molecule has 2 rings (SSSR count). The maximum atomic E-state index is 11.8. The Hall–Kier alpha value is -2.34. The number of imide groups is 1. The van der Waals surface area contributed by atoms with Crippen LogP contribution in [0.1, 0.15) is 20.8 Å². The van der Waals surface area contributed by atoms with Crippen LogP contribution >= 0.6 is 11.6 Å². The highest BCUT2D eigenvalue weighted by Crippen LogP contribution is 2.29. The summed E-state index contributed by atoms with van der Waals surface area (Å²) < 4.78 is 5.45. The molecule has 0 saturated carbocycles. The van der Waals surface area contributed by atoms with E-state index in [2.05, 4.69) is 15.6 Å². The van der Waals surface area contributed by atoms with Gasteiger partial charge in [-0.2, -0.15) is 0 Å². The van der Waals surface area contributed by atoms with E-state index in [1.54, 1.807) is 24.4 Å². The van der Waals surface area contributed by atoms with Crippen LogP contribution in [0.3, 0.4) is 0 Å². The molecule has 0 fully saturated rings. The molecule has 1 heterocycles. The van der Waals surface area contributed by atoms with Crippen molar-refractivity contribution in [3.8, 4) is 5.75 Å². The molecule has 0 aliphatic heterocycles. The second-order valence-electron chi connectivity index (χ2n) is 5.99. The van der Waals surface area contributed by atoms with E-state index in [-0.39, 0.29) is 6.61 Å². The van der Waals surface area contributed by atoms with Gasteiger partial charge in [0.1, 0.15) is 11.3 Å². The first-order valence-corrected chi connectivity index (χ1v) is 7.42. The van der Waals surface area contributed by atoms with Crippen molar-refractivity contribution >= 4 is 34.4 Å². The van der Waals surface area contributed by atoms with Gasteiger partial charge in [-0.25, -0.2) is 4.79 Å². The summed E-state index contributed by atoms with van der Waals surface area (Å²) in [6, 6.07) is 6.33. The van der Waals surface area contributed by atoms with Gasteiger partial charge in [-0.05, 0) is 45.0 Å². The molecule has 0 saturated heterocycles. The Balaban J connectivity index is 2.00. The average Bonchev–Trinajstić information content (AvgIpc) is 2.45. The summed E-state index contributed by atoms with van der Waals surface area (Å²) in [4.78, 5) is 27.6. The number of carbonyl (C=O) groups excluding carboxylic acids is 2. The predicted molar refractivity (Wildman–Crippen MR) is 88.7 cm³/mol. The Morgan fingerprint density at radius 1 is 1.26 bits per heavy atom. The van der Waals surface area contributed by atoms with E-state index in [0.29, 0.717) is 16.3 Å². The maximum Gasteiger partial charge on any atom is 0.321 e. The summed E-state index contributed by atoms with van der Waals surface area (Å²) in [5.74, 6) is -0.123. The smallest absolute Gasteiger partial charge is 0.321 e. The molecular formula is C16H18ClN3O3. The molecule has 0 atom stereocenters. The molecule has 0 unspecified atom stereocenters. The molecule has 23 heavy (non-hydrogen) atoms. The molecule has 0 radical (unpaired) electrons. The number of benzene rings is 1. The SMILES string of the molecule is CC(C)(C)NC(=O)NC(=O)COc1ccc(Cl)c2cccnc12. The van der Waals surface area contributed by atoms with Crippen LogP contribution in [0.4, 0.5) is 4.79 Å². The first-order chi connectivity index (χ1) is 10.8. The fraction of sp³-hybridized carbons (Fsp3) is 0.312. The van der Waals surface area contributed by atoms with Gasteiger partial charge in [0.15, 0.2) is 6.61 Å². The first-order valence-electron chi connectivity index (χ1n) is 7.04. The van der Waals surface area contributed by atoms with Gasteiger partial charge in [0.25, 0.3) is 5.91 Å². The lowest BCUT2D eigenvalue weighted by Gasteiger charge is -2.20. The third kappa shape index (κ3) is 4.82. The van der Waals surface area contributed by atoms with Gasteiger partial charge in [0.2, 0.25) is 0 Å². The lowest BCUT2D eigenvalue weighted by Crippen LogP contribution is -2.49. The van der Waals surface area contributed by atoms with Crippen molar-refractivity contribution in [3.63, 3.8) is 0 Å². The minimum atomic E-state index is -0.565. The minimum absolute atomic E-state index is 0.301. The van der Waals surface area contributed by atoms with Crippen molar-refractivity contribution in [2.75, 3.05) is 6.61 Å². The van der Waals surface area contributed by atoms with Crippen LogP contribution in [0.25, 0.3) is 10.9 Å². The van der Waals surface area contributed by atoms with Crippen LogP contribution in [-0.2, 0) is 4.79 Å². The highest BCUT2D eigenvalue weighted by atomic mass is 35.5. The fourth-order valence-electron chi connectivity index (χ4n) is 1.91. The quantitative estimate of drug-likeness (QED) is 0.903. The van der Waals surface area contributed by atoms with Crippen molar-refractivity contribution in [2.24, 2.45) is 0 Å². The fourth-order valence-corrected chi connectivity index (χ4v) is 2.12. The molecule has 1 aromatic carbocycles. The van der Waals surface area contributed by atoms with E-state index in [1.165, 1.54) is 0 Å². The number of pyridine rings is 1. The maximum absolute atomic E-state index is 11.8. The van der Waals surface area contributed by atoms with E-state index in [4.69, 9.17) is 16.3 Å². The molecule has 3 amide bonds. The summed E-state index contributed by atoms with van der Waals surface area (Å²) >= 11 is 6.09. The molecule has 0 bridgehead atoms. The standard InChI is InChI=1S/C16H18ClN3O3/c1-16(2,3)20-15(22)19-13(21)9-23-12-7-6-11(17)10-5-4-8-18-14(10)12/h4-8H,9H2,1-3H3,(H2,19,20,21,22). The highest BCUT2D eigenvalue weighted by molar-refractivity contribution is 6.35. The largest absolute Gasteiger partial charge is 0.481 e. The highest BCUT2D eigenvalue weighted by Gasteiger charge is 2.16. The normalized spacial score (nSPS) is 11.1. The average molecular weight is 336 g/mol. The van der Waals surface area contributed by atoms with Crippen molar-refractivity contribution in [1.29, 1.82) is 0 Å². The summed E-state index contributed by atoms with van der Waals surface area (Å²) in [6.07, 6.45) is 1.61. The van der Waals surface area contributed by atoms with Crippen LogP contribution in [0.2, 0.25) is 5.02 Å². The first kappa shape index (κ1) is 17.0. The van der Waals surface area contributed by atoms with Gasteiger partial charge in [-0.15, -0.1) is 0 Å². The number of nitrogens with zero attached hydrogens (tertiary/aromatic N) is 1. The van der Waals surface area contributed by atoms with Gasteiger partial charge in [-0.3, -0.25) is 15.1 Å². The summed E-state index contributed by atoms with van der Waals surface area (Å²) in [5, 5.41) is 6.12. The molecule has 2 aromatic rings. The lowest BCUT2D eigenvalue weighted by atomic mass is 10.1. The number of amides is 3. The number of halogens is 1. The number of carbonyl (C=O) groups is 2. The number of hydrogen-bond donors (Lipinski definition) is 2. The van der Waals surface area contributed by atoms with Crippen molar-refractivity contribution in [3.05, 3.63) is 35.5 Å². The molecule has 0 aliphatic carbocycles. The van der Waals surface area contributed by atoms with E-state index in [0.717, 1.165) is 5.39 Å². The van der Waals surface area contributed by atoms with E-state index in [9.17, 15) is 9.59 Å². The minimum Gasteiger partial charge on any atom is -0.481 e. The number of urea groups is 1. The van der Waals surface area contributed by atoms with Crippen LogP contribution in [0.5, 0.6) is 5.75 Å². The van der Waals surface area contributed by atoms with Crippen molar-refractivity contribution < 1.29 is 14.3 Å². The van der Waals surface area contributed by atoms with Crippen LogP contribution in [-0.4, -0.2) is 29.1 Å². The molecule has 6 nitrogen and oxygen atoms in total. The zero-order valence-corrected chi connectivity index (χ0v) is 13.9. The number of hydrogen-bond acceptors (Lipinski definition) is 4. The third-order valence-corrected chi connectivity index (χ3v) is 3.11. The van der Waals surface area contributed by atoms with Gasteiger partial charge in [-0.1, -0.05) is 11.6 Å². The summed E-state index contributed by atoms with van der Waals surface area (Å²) in [7, 11) is 0. The Labute approximate surface area is 139 Å². The van der Waals surface area contributed by atoms with E-state index in [1.807, 2.05) is 26.8 Å². The number of aromatic nitrogens is 1.